The normalized spacial score (nSPS) is 9.22. The summed E-state index contributed by atoms with van der Waals surface area (Å²) in [5.41, 5.74) is -2.74. The van der Waals surface area contributed by atoms with Crippen LogP contribution in [0, 0.1) is 0 Å². The standard InChI is InChI=1S/C7H16.C6H8O7.C4H8O2.C4H10O.H2O/c1-3-5-7-6-4-2;7-3(8)1-6(13,5(11)12)2-4(9)10;1-3-6-4(2)5;1-2-3-4-5;/h3-7H2,1-2H3;13H,1-2H2,(H,7,8)(H,9,10)(H,11,12);3H2,1-2H3;5H,2-4H2,1H3;1H2. The second kappa shape index (κ2) is 28.8. The van der Waals surface area contributed by atoms with Crippen LogP contribution in [0.4, 0.5) is 0 Å². The van der Waals surface area contributed by atoms with Crippen molar-refractivity contribution < 1.29 is 54.9 Å². The average molecular weight is 473 g/mol. The number of esters is 1. The lowest BCUT2D eigenvalue weighted by Gasteiger charge is -2.18. The van der Waals surface area contributed by atoms with E-state index in [0.29, 0.717) is 13.2 Å². The Bertz CT molecular complexity index is 443. The summed E-state index contributed by atoms with van der Waals surface area (Å²) in [4.78, 5) is 40.3. The fourth-order valence-electron chi connectivity index (χ4n) is 1.75. The van der Waals surface area contributed by atoms with E-state index < -0.39 is 36.4 Å². The van der Waals surface area contributed by atoms with Crippen molar-refractivity contribution >= 4 is 23.9 Å². The minimum absolute atomic E-state index is 0. The molecule has 11 nitrogen and oxygen atoms in total. The minimum Gasteiger partial charge on any atom is -0.481 e. The zero-order chi connectivity index (χ0) is 25.3. The number of carbonyl (C=O) groups excluding carboxylic acids is 1. The van der Waals surface area contributed by atoms with Crippen LogP contribution >= 0.6 is 0 Å². The van der Waals surface area contributed by atoms with Crippen LogP contribution < -0.4 is 0 Å². The van der Waals surface area contributed by atoms with Crippen molar-refractivity contribution in [2.45, 2.75) is 98.0 Å². The van der Waals surface area contributed by atoms with E-state index in [1.165, 1.54) is 39.0 Å². The third kappa shape index (κ3) is 38.4. The van der Waals surface area contributed by atoms with Crippen molar-refractivity contribution in [1.82, 2.24) is 0 Å². The third-order valence-corrected chi connectivity index (χ3v) is 3.35. The summed E-state index contributed by atoms with van der Waals surface area (Å²) in [5, 5.41) is 41.9. The molecule has 0 aromatic heterocycles. The predicted molar refractivity (Wildman–Crippen MR) is 119 cm³/mol. The second-order valence-corrected chi connectivity index (χ2v) is 6.54. The molecule has 0 bridgehead atoms. The van der Waals surface area contributed by atoms with E-state index >= 15 is 0 Å². The third-order valence-electron chi connectivity index (χ3n) is 3.35. The summed E-state index contributed by atoms with van der Waals surface area (Å²) in [7, 11) is 0. The molecule has 7 N–H and O–H groups in total. The summed E-state index contributed by atoms with van der Waals surface area (Å²) in [6.45, 7) is 10.5. The fraction of sp³-hybridized carbons (Fsp3) is 0.810. The van der Waals surface area contributed by atoms with Crippen LogP contribution in [0.5, 0.6) is 0 Å². The van der Waals surface area contributed by atoms with E-state index in [9.17, 15) is 19.2 Å². The molecule has 0 saturated heterocycles. The average Bonchev–Trinajstić information content (AvgIpc) is 2.63. The van der Waals surface area contributed by atoms with E-state index in [4.69, 9.17) is 25.5 Å². The minimum atomic E-state index is -2.74. The highest BCUT2D eigenvalue weighted by atomic mass is 16.5. The highest BCUT2D eigenvalue weighted by Gasteiger charge is 2.40. The molecule has 194 valence electrons. The lowest BCUT2D eigenvalue weighted by atomic mass is 9.96. The molecule has 0 aliphatic rings. The number of ether oxygens (including phenoxy) is 1. The van der Waals surface area contributed by atoms with Crippen molar-refractivity contribution in [3.63, 3.8) is 0 Å². The molecule has 0 aromatic rings. The highest BCUT2D eigenvalue weighted by molar-refractivity contribution is 5.88. The SMILES string of the molecule is CCCCCCC.CCCCO.CCOC(C)=O.O.O=C(O)CC(O)(CC(=O)O)C(=O)O. The molecule has 0 rings (SSSR count). The highest BCUT2D eigenvalue weighted by Crippen LogP contribution is 2.15. The van der Waals surface area contributed by atoms with Crippen LogP contribution in [-0.4, -0.2) is 73.7 Å². The molecule has 0 aliphatic heterocycles. The van der Waals surface area contributed by atoms with Gasteiger partial charge in [-0.3, -0.25) is 14.4 Å². The van der Waals surface area contributed by atoms with Crippen LogP contribution in [0.1, 0.15) is 92.4 Å². The van der Waals surface area contributed by atoms with E-state index in [0.717, 1.165) is 12.8 Å². The monoisotopic (exact) mass is 472 g/mol. The van der Waals surface area contributed by atoms with Gasteiger partial charge in [0, 0.05) is 13.5 Å². The molecule has 0 amide bonds. The lowest BCUT2D eigenvalue weighted by molar-refractivity contribution is -0.170. The number of carbonyl (C=O) groups is 4. The maximum Gasteiger partial charge on any atom is 0.336 e. The van der Waals surface area contributed by atoms with Crippen LogP contribution in [-0.2, 0) is 23.9 Å². The van der Waals surface area contributed by atoms with E-state index in [1.807, 2.05) is 0 Å². The Morgan fingerprint density at radius 3 is 1.25 bits per heavy atom. The first-order valence-corrected chi connectivity index (χ1v) is 10.5. The number of aliphatic carboxylic acids is 3. The number of carboxylic acid groups (broad SMARTS) is 3. The molecular weight excluding hydrogens is 428 g/mol. The molecule has 0 fully saturated rings. The van der Waals surface area contributed by atoms with Gasteiger partial charge in [0.15, 0.2) is 5.60 Å². The first kappa shape index (κ1) is 40.2. The molecule has 11 heteroatoms. The summed E-state index contributed by atoms with van der Waals surface area (Å²) in [6, 6.07) is 0. The van der Waals surface area contributed by atoms with E-state index in [1.54, 1.807) is 6.92 Å². The zero-order valence-corrected chi connectivity index (χ0v) is 20.1. The molecule has 0 aliphatic carbocycles. The second-order valence-electron chi connectivity index (χ2n) is 6.54. The molecule has 0 unspecified atom stereocenters. The number of aliphatic hydroxyl groups excluding tert-OH is 1. The molecule has 0 atom stereocenters. The van der Waals surface area contributed by atoms with Crippen molar-refractivity contribution in [2.75, 3.05) is 13.2 Å². The van der Waals surface area contributed by atoms with Gasteiger partial charge < -0.3 is 35.7 Å². The van der Waals surface area contributed by atoms with Gasteiger partial charge in [-0.25, -0.2) is 4.79 Å². The number of unbranched alkanes of at least 4 members (excludes halogenated alkanes) is 5. The Hall–Kier alpha value is -2.24. The van der Waals surface area contributed by atoms with Crippen molar-refractivity contribution in [1.29, 1.82) is 0 Å². The van der Waals surface area contributed by atoms with Gasteiger partial charge in [-0.2, -0.15) is 0 Å². The molecule has 0 spiro atoms. The maximum atomic E-state index is 10.3. The zero-order valence-electron chi connectivity index (χ0n) is 20.1. The van der Waals surface area contributed by atoms with Crippen LogP contribution in [0.3, 0.4) is 0 Å². The van der Waals surface area contributed by atoms with E-state index in [2.05, 4.69) is 25.5 Å². The van der Waals surface area contributed by atoms with Gasteiger partial charge >= 0.3 is 23.9 Å². The maximum absolute atomic E-state index is 10.3. The van der Waals surface area contributed by atoms with Gasteiger partial charge in [0.1, 0.15) is 0 Å². The molecule has 0 heterocycles. The number of aliphatic hydroxyl groups is 2. The van der Waals surface area contributed by atoms with Crippen LogP contribution in [0.15, 0.2) is 0 Å². The van der Waals surface area contributed by atoms with Gasteiger partial charge in [0.25, 0.3) is 0 Å². The summed E-state index contributed by atoms with van der Waals surface area (Å²) >= 11 is 0. The first-order valence-electron chi connectivity index (χ1n) is 10.5. The number of hydrogen-bond acceptors (Lipinski definition) is 7. The lowest BCUT2D eigenvalue weighted by Crippen LogP contribution is -2.42. The summed E-state index contributed by atoms with van der Waals surface area (Å²) in [5.74, 6) is -5.23. The number of rotatable bonds is 12. The van der Waals surface area contributed by atoms with Crippen molar-refractivity contribution in [3.05, 3.63) is 0 Å². The van der Waals surface area contributed by atoms with Gasteiger partial charge in [0.05, 0.1) is 19.4 Å². The smallest absolute Gasteiger partial charge is 0.336 e. The molecule has 0 radical (unpaired) electrons. The quantitative estimate of drug-likeness (QED) is 0.206. The van der Waals surface area contributed by atoms with Gasteiger partial charge in [-0.1, -0.05) is 59.3 Å². The number of carboxylic acids is 3. The Labute approximate surface area is 190 Å². The Balaban J connectivity index is -0.000000109. The first-order chi connectivity index (χ1) is 14.4. The number of hydrogen-bond donors (Lipinski definition) is 5. The topological polar surface area (TPSA) is 210 Å². The molecule has 0 saturated carbocycles. The largest absolute Gasteiger partial charge is 0.481 e. The summed E-state index contributed by atoms with van der Waals surface area (Å²) < 4.78 is 4.40. The Morgan fingerprint density at radius 1 is 0.750 bits per heavy atom. The van der Waals surface area contributed by atoms with Crippen LogP contribution in [0.2, 0.25) is 0 Å². The fourth-order valence-corrected chi connectivity index (χ4v) is 1.75. The summed E-state index contributed by atoms with van der Waals surface area (Å²) in [6.07, 6.45) is 6.76. The molecule has 0 aromatic carbocycles. The van der Waals surface area contributed by atoms with E-state index in [-0.39, 0.29) is 11.4 Å². The van der Waals surface area contributed by atoms with Gasteiger partial charge in [-0.05, 0) is 13.3 Å². The van der Waals surface area contributed by atoms with Gasteiger partial charge in [0.2, 0.25) is 0 Å². The Kier molecular flexibility index (Phi) is 36.1. The molecule has 32 heavy (non-hydrogen) atoms. The van der Waals surface area contributed by atoms with Crippen molar-refractivity contribution in [3.8, 4) is 0 Å². The van der Waals surface area contributed by atoms with Gasteiger partial charge in [-0.15, -0.1) is 0 Å². The Morgan fingerprint density at radius 2 is 1.12 bits per heavy atom. The van der Waals surface area contributed by atoms with Crippen molar-refractivity contribution in [2.24, 2.45) is 0 Å². The van der Waals surface area contributed by atoms with Crippen LogP contribution in [0.25, 0.3) is 0 Å². The predicted octanol–water partition coefficient (Wildman–Crippen LogP) is 2.25. The molecular formula is C21H44O11.